The maximum Gasteiger partial charge on any atom is 0.253 e. The zero-order chi connectivity index (χ0) is 16.8. The van der Waals surface area contributed by atoms with Gasteiger partial charge < -0.3 is 10.2 Å². The van der Waals surface area contributed by atoms with E-state index in [9.17, 15) is 9.59 Å². The number of nitrogens with one attached hydrogen (secondary N) is 1. The van der Waals surface area contributed by atoms with E-state index >= 15 is 0 Å². The van der Waals surface area contributed by atoms with Gasteiger partial charge in [0.2, 0.25) is 5.91 Å². The van der Waals surface area contributed by atoms with Crippen LogP contribution < -0.4 is 5.32 Å². The fourth-order valence-corrected chi connectivity index (χ4v) is 3.09. The molecule has 1 fully saturated rings. The van der Waals surface area contributed by atoms with Crippen molar-refractivity contribution in [2.45, 2.75) is 45.6 Å². The molecule has 2 amide bonds. The smallest absolute Gasteiger partial charge is 0.253 e. The Balaban J connectivity index is 1.98. The van der Waals surface area contributed by atoms with E-state index in [0.29, 0.717) is 23.7 Å². The molecule has 1 N–H and O–H groups in total. The quantitative estimate of drug-likeness (QED) is 0.894. The lowest BCUT2D eigenvalue weighted by Crippen LogP contribution is -2.47. The first-order valence-corrected chi connectivity index (χ1v) is 8.78. The molecular weight excluding hydrogens is 312 g/mol. The summed E-state index contributed by atoms with van der Waals surface area (Å²) in [7, 11) is 0. The first-order valence-electron chi connectivity index (χ1n) is 8.40. The molecule has 0 saturated carbocycles. The molecule has 2 rings (SSSR count). The summed E-state index contributed by atoms with van der Waals surface area (Å²) in [5.74, 6) is -0.0605. The highest BCUT2D eigenvalue weighted by atomic mass is 35.5. The van der Waals surface area contributed by atoms with Gasteiger partial charge in [0, 0.05) is 29.7 Å². The summed E-state index contributed by atoms with van der Waals surface area (Å²) in [4.78, 5) is 26.8. The van der Waals surface area contributed by atoms with E-state index in [2.05, 4.69) is 19.2 Å². The summed E-state index contributed by atoms with van der Waals surface area (Å²) in [6.07, 6.45) is 3.57. The minimum absolute atomic E-state index is 0.0262. The zero-order valence-electron chi connectivity index (χ0n) is 13.8. The molecule has 5 heteroatoms. The normalized spacial score (nSPS) is 18.1. The van der Waals surface area contributed by atoms with Crippen LogP contribution in [0.15, 0.2) is 24.3 Å². The van der Waals surface area contributed by atoms with Gasteiger partial charge in [-0.25, -0.2) is 0 Å². The Morgan fingerprint density at radius 1 is 1.26 bits per heavy atom. The van der Waals surface area contributed by atoms with Crippen molar-refractivity contribution in [3.8, 4) is 0 Å². The standard InChI is InChI=1S/C18H25ClN2O2/c1-3-16(4-2)20-17(22)14-6-5-11-21(12-14)18(23)13-7-9-15(19)10-8-13/h7-10,14,16H,3-6,11-12H2,1-2H3,(H,20,22). The van der Waals surface area contributed by atoms with Crippen LogP contribution in [0.4, 0.5) is 0 Å². The van der Waals surface area contributed by atoms with Gasteiger partial charge in [0.1, 0.15) is 0 Å². The van der Waals surface area contributed by atoms with E-state index in [0.717, 1.165) is 25.7 Å². The Labute approximate surface area is 143 Å². The van der Waals surface area contributed by atoms with Crippen molar-refractivity contribution in [1.82, 2.24) is 10.2 Å². The lowest BCUT2D eigenvalue weighted by Gasteiger charge is -2.33. The Kier molecular flexibility index (Phi) is 6.46. The minimum Gasteiger partial charge on any atom is -0.353 e. The molecule has 4 nitrogen and oxygen atoms in total. The topological polar surface area (TPSA) is 49.4 Å². The van der Waals surface area contributed by atoms with Gasteiger partial charge in [-0.1, -0.05) is 25.4 Å². The molecule has 0 aromatic heterocycles. The second-order valence-electron chi connectivity index (χ2n) is 6.12. The van der Waals surface area contributed by atoms with E-state index in [1.807, 2.05) is 0 Å². The first-order chi connectivity index (χ1) is 11.0. The predicted octanol–water partition coefficient (Wildman–Crippen LogP) is 3.50. The molecule has 1 unspecified atom stereocenters. The molecule has 0 radical (unpaired) electrons. The molecule has 1 aromatic carbocycles. The van der Waals surface area contributed by atoms with Crippen LogP contribution in [0.25, 0.3) is 0 Å². The maximum atomic E-state index is 12.6. The van der Waals surface area contributed by atoms with Crippen LogP contribution in [-0.4, -0.2) is 35.8 Å². The van der Waals surface area contributed by atoms with Crippen molar-refractivity contribution in [3.05, 3.63) is 34.9 Å². The molecule has 1 atom stereocenters. The van der Waals surface area contributed by atoms with Crippen LogP contribution in [-0.2, 0) is 4.79 Å². The Bertz CT molecular complexity index is 540. The Hall–Kier alpha value is -1.55. The number of benzene rings is 1. The number of carbonyl (C=O) groups is 2. The molecule has 0 bridgehead atoms. The van der Waals surface area contributed by atoms with Gasteiger partial charge in [-0.2, -0.15) is 0 Å². The number of nitrogens with zero attached hydrogens (tertiary/aromatic N) is 1. The highest BCUT2D eigenvalue weighted by Gasteiger charge is 2.29. The number of likely N-dealkylation sites (tertiary alicyclic amines) is 1. The summed E-state index contributed by atoms with van der Waals surface area (Å²) >= 11 is 5.86. The summed E-state index contributed by atoms with van der Waals surface area (Å²) in [5, 5.41) is 3.71. The number of hydrogen-bond donors (Lipinski definition) is 1. The molecule has 1 saturated heterocycles. The summed E-state index contributed by atoms with van der Waals surface area (Å²) < 4.78 is 0. The third kappa shape index (κ3) is 4.71. The number of piperidine rings is 1. The molecule has 0 spiro atoms. The second-order valence-corrected chi connectivity index (χ2v) is 6.56. The summed E-state index contributed by atoms with van der Waals surface area (Å²) in [6.45, 7) is 5.35. The lowest BCUT2D eigenvalue weighted by molar-refractivity contribution is -0.127. The Morgan fingerprint density at radius 3 is 2.52 bits per heavy atom. The van der Waals surface area contributed by atoms with Crippen LogP contribution in [0.1, 0.15) is 49.9 Å². The van der Waals surface area contributed by atoms with Crippen molar-refractivity contribution in [2.24, 2.45) is 5.92 Å². The van der Waals surface area contributed by atoms with Crippen LogP contribution >= 0.6 is 11.6 Å². The van der Waals surface area contributed by atoms with Crippen LogP contribution in [0.5, 0.6) is 0 Å². The number of amides is 2. The second kappa shape index (κ2) is 8.34. The van der Waals surface area contributed by atoms with E-state index in [1.165, 1.54) is 0 Å². The summed E-state index contributed by atoms with van der Waals surface area (Å²) in [5.41, 5.74) is 0.621. The van der Waals surface area contributed by atoms with Crippen molar-refractivity contribution in [1.29, 1.82) is 0 Å². The minimum atomic E-state index is -0.111. The van der Waals surface area contributed by atoms with Gasteiger partial charge in [-0.3, -0.25) is 9.59 Å². The molecule has 1 aliphatic rings. The monoisotopic (exact) mass is 336 g/mol. The van der Waals surface area contributed by atoms with E-state index in [1.54, 1.807) is 29.2 Å². The van der Waals surface area contributed by atoms with Crippen molar-refractivity contribution in [2.75, 3.05) is 13.1 Å². The summed E-state index contributed by atoms with van der Waals surface area (Å²) in [6, 6.07) is 7.13. The number of carbonyl (C=O) groups excluding carboxylic acids is 2. The average molecular weight is 337 g/mol. The Morgan fingerprint density at radius 2 is 1.91 bits per heavy atom. The molecule has 0 aliphatic carbocycles. The van der Waals surface area contributed by atoms with E-state index < -0.39 is 0 Å². The number of rotatable bonds is 5. The fourth-order valence-electron chi connectivity index (χ4n) is 2.96. The highest BCUT2D eigenvalue weighted by Crippen LogP contribution is 2.20. The van der Waals surface area contributed by atoms with E-state index in [4.69, 9.17) is 11.6 Å². The van der Waals surface area contributed by atoms with Gasteiger partial charge in [0.15, 0.2) is 0 Å². The SMILES string of the molecule is CCC(CC)NC(=O)C1CCCN(C(=O)c2ccc(Cl)cc2)C1. The third-order valence-electron chi connectivity index (χ3n) is 4.50. The van der Waals surface area contributed by atoms with Crippen molar-refractivity contribution >= 4 is 23.4 Å². The largest absolute Gasteiger partial charge is 0.353 e. The fraction of sp³-hybridized carbons (Fsp3) is 0.556. The van der Waals surface area contributed by atoms with Crippen molar-refractivity contribution < 1.29 is 9.59 Å². The zero-order valence-corrected chi connectivity index (χ0v) is 14.6. The number of hydrogen-bond acceptors (Lipinski definition) is 2. The number of halogens is 1. The van der Waals surface area contributed by atoms with Gasteiger partial charge in [0.05, 0.1) is 5.92 Å². The average Bonchev–Trinajstić information content (AvgIpc) is 2.59. The van der Waals surface area contributed by atoms with E-state index in [-0.39, 0.29) is 23.8 Å². The molecule has 1 aliphatic heterocycles. The van der Waals surface area contributed by atoms with Crippen molar-refractivity contribution in [3.63, 3.8) is 0 Å². The highest BCUT2D eigenvalue weighted by molar-refractivity contribution is 6.30. The van der Waals surface area contributed by atoms with Crippen LogP contribution in [0.2, 0.25) is 5.02 Å². The molecule has 126 valence electrons. The van der Waals surface area contributed by atoms with Crippen LogP contribution in [0.3, 0.4) is 0 Å². The first kappa shape index (κ1) is 17.8. The van der Waals surface area contributed by atoms with Gasteiger partial charge in [-0.15, -0.1) is 0 Å². The van der Waals surface area contributed by atoms with Crippen LogP contribution in [0, 0.1) is 5.92 Å². The molecular formula is C18H25ClN2O2. The third-order valence-corrected chi connectivity index (χ3v) is 4.75. The molecule has 23 heavy (non-hydrogen) atoms. The van der Waals surface area contributed by atoms with Gasteiger partial charge in [-0.05, 0) is 49.9 Å². The molecule has 1 aromatic rings. The predicted molar refractivity (Wildman–Crippen MR) is 92.6 cm³/mol. The van der Waals surface area contributed by atoms with Gasteiger partial charge >= 0.3 is 0 Å². The maximum absolute atomic E-state index is 12.6. The van der Waals surface area contributed by atoms with Gasteiger partial charge in [0.25, 0.3) is 5.91 Å². The lowest BCUT2D eigenvalue weighted by atomic mass is 9.95. The molecule has 1 heterocycles.